The largest absolute Gasteiger partial charge is 0.329 e. The third kappa shape index (κ3) is 3.42. The molecule has 2 nitrogen and oxygen atoms in total. The van der Waals surface area contributed by atoms with Crippen molar-refractivity contribution in [2.24, 2.45) is 5.73 Å². The Bertz CT molecular complexity index is 278. The number of hydrogen-bond acceptors (Lipinski definition) is 2. The lowest BCUT2D eigenvalue weighted by Gasteiger charge is -2.05. The van der Waals surface area contributed by atoms with Gasteiger partial charge < -0.3 is 11.1 Å². The van der Waals surface area contributed by atoms with Crippen LogP contribution in [0, 0.1) is 5.82 Å². The minimum Gasteiger partial charge on any atom is -0.329 e. The molecule has 0 aliphatic rings. The molecule has 0 aromatic heterocycles. The molecule has 0 aliphatic heterocycles. The molecule has 0 unspecified atom stereocenters. The van der Waals surface area contributed by atoms with Crippen molar-refractivity contribution in [1.82, 2.24) is 5.32 Å². The van der Waals surface area contributed by atoms with E-state index in [-0.39, 0.29) is 5.82 Å². The first kappa shape index (κ1) is 10.6. The highest BCUT2D eigenvalue weighted by atomic mass is 79.9. The molecule has 0 radical (unpaired) electrons. The van der Waals surface area contributed by atoms with E-state index in [1.807, 2.05) is 0 Å². The fourth-order valence-corrected chi connectivity index (χ4v) is 1.39. The Morgan fingerprint density at radius 1 is 1.46 bits per heavy atom. The van der Waals surface area contributed by atoms with Gasteiger partial charge in [0.15, 0.2) is 0 Å². The summed E-state index contributed by atoms with van der Waals surface area (Å²) in [5, 5.41) is 3.10. The van der Waals surface area contributed by atoms with Crippen LogP contribution in [0.2, 0.25) is 0 Å². The van der Waals surface area contributed by atoms with Gasteiger partial charge >= 0.3 is 0 Å². The van der Waals surface area contributed by atoms with Gasteiger partial charge in [-0.15, -0.1) is 0 Å². The monoisotopic (exact) mass is 246 g/mol. The van der Waals surface area contributed by atoms with Crippen molar-refractivity contribution in [3.05, 3.63) is 34.1 Å². The lowest BCUT2D eigenvalue weighted by molar-refractivity contribution is 0.620. The lowest BCUT2D eigenvalue weighted by atomic mass is 10.2. The van der Waals surface area contributed by atoms with E-state index in [2.05, 4.69) is 21.2 Å². The molecular weight excluding hydrogens is 235 g/mol. The van der Waals surface area contributed by atoms with E-state index in [4.69, 9.17) is 5.73 Å². The SMILES string of the molecule is NCCNCc1cc(F)ccc1Br. The van der Waals surface area contributed by atoms with E-state index in [9.17, 15) is 4.39 Å². The summed E-state index contributed by atoms with van der Waals surface area (Å²) in [4.78, 5) is 0. The summed E-state index contributed by atoms with van der Waals surface area (Å²) in [5.41, 5.74) is 6.22. The van der Waals surface area contributed by atoms with Crippen LogP contribution in [0.1, 0.15) is 5.56 Å². The number of nitrogens with one attached hydrogen (secondary N) is 1. The zero-order valence-electron chi connectivity index (χ0n) is 7.19. The van der Waals surface area contributed by atoms with Crippen LogP contribution in [0.5, 0.6) is 0 Å². The predicted octanol–water partition coefficient (Wildman–Crippen LogP) is 1.64. The van der Waals surface area contributed by atoms with Crippen LogP contribution < -0.4 is 11.1 Å². The van der Waals surface area contributed by atoms with E-state index >= 15 is 0 Å². The van der Waals surface area contributed by atoms with Crippen LogP contribution in [0.3, 0.4) is 0 Å². The van der Waals surface area contributed by atoms with E-state index in [1.54, 1.807) is 6.07 Å². The molecule has 0 atom stereocenters. The maximum Gasteiger partial charge on any atom is 0.123 e. The third-order valence-electron chi connectivity index (χ3n) is 1.64. The summed E-state index contributed by atoms with van der Waals surface area (Å²) in [6.07, 6.45) is 0. The lowest BCUT2D eigenvalue weighted by Crippen LogP contribution is -2.22. The van der Waals surface area contributed by atoms with Gasteiger partial charge in [0.25, 0.3) is 0 Å². The highest BCUT2D eigenvalue weighted by molar-refractivity contribution is 9.10. The third-order valence-corrected chi connectivity index (χ3v) is 2.42. The zero-order chi connectivity index (χ0) is 9.68. The zero-order valence-corrected chi connectivity index (χ0v) is 8.77. The van der Waals surface area contributed by atoms with Crippen molar-refractivity contribution in [3.8, 4) is 0 Å². The van der Waals surface area contributed by atoms with Gasteiger partial charge in [0.05, 0.1) is 0 Å². The molecule has 1 aromatic carbocycles. The quantitative estimate of drug-likeness (QED) is 0.794. The molecule has 0 bridgehead atoms. The molecule has 0 amide bonds. The molecule has 0 spiro atoms. The molecule has 3 N–H and O–H groups in total. The Morgan fingerprint density at radius 3 is 2.92 bits per heavy atom. The number of rotatable bonds is 4. The first-order chi connectivity index (χ1) is 6.24. The van der Waals surface area contributed by atoms with Crippen molar-refractivity contribution in [3.63, 3.8) is 0 Å². The Labute approximate surface area is 85.4 Å². The van der Waals surface area contributed by atoms with Gasteiger partial charge in [-0.05, 0) is 23.8 Å². The predicted molar refractivity (Wildman–Crippen MR) is 54.9 cm³/mol. The minimum absolute atomic E-state index is 0.215. The Hall–Kier alpha value is -0.450. The average molecular weight is 247 g/mol. The summed E-state index contributed by atoms with van der Waals surface area (Å²) in [6, 6.07) is 4.64. The molecule has 1 aromatic rings. The molecule has 13 heavy (non-hydrogen) atoms. The van der Waals surface area contributed by atoms with Crippen LogP contribution in [0.25, 0.3) is 0 Å². The van der Waals surface area contributed by atoms with Gasteiger partial charge in [0.1, 0.15) is 5.82 Å². The van der Waals surface area contributed by atoms with Gasteiger partial charge in [0.2, 0.25) is 0 Å². The molecule has 0 saturated carbocycles. The van der Waals surface area contributed by atoms with Gasteiger partial charge in [-0.1, -0.05) is 15.9 Å². The van der Waals surface area contributed by atoms with E-state index in [0.29, 0.717) is 13.1 Å². The molecule has 0 aliphatic carbocycles. The molecule has 0 heterocycles. The van der Waals surface area contributed by atoms with Crippen molar-refractivity contribution in [2.45, 2.75) is 6.54 Å². The van der Waals surface area contributed by atoms with E-state index in [1.165, 1.54) is 12.1 Å². The van der Waals surface area contributed by atoms with Crippen LogP contribution in [0.4, 0.5) is 4.39 Å². The van der Waals surface area contributed by atoms with Crippen molar-refractivity contribution >= 4 is 15.9 Å². The fourth-order valence-electron chi connectivity index (χ4n) is 1.00. The van der Waals surface area contributed by atoms with Crippen LogP contribution in [-0.4, -0.2) is 13.1 Å². The van der Waals surface area contributed by atoms with Crippen LogP contribution in [0.15, 0.2) is 22.7 Å². The fraction of sp³-hybridized carbons (Fsp3) is 0.333. The Kier molecular flexibility index (Phi) is 4.35. The highest BCUT2D eigenvalue weighted by Gasteiger charge is 2.00. The highest BCUT2D eigenvalue weighted by Crippen LogP contribution is 2.17. The number of benzene rings is 1. The molecule has 4 heteroatoms. The second kappa shape index (κ2) is 5.32. The standard InChI is InChI=1S/C9H12BrFN2/c10-9-2-1-8(11)5-7(9)6-13-4-3-12/h1-2,5,13H,3-4,6,12H2. The maximum atomic E-state index is 12.8. The molecule has 1 rings (SSSR count). The first-order valence-corrected chi connectivity index (χ1v) is 4.88. The summed E-state index contributed by atoms with van der Waals surface area (Å²) in [5.74, 6) is -0.215. The summed E-state index contributed by atoms with van der Waals surface area (Å²) in [6.45, 7) is 1.96. The normalized spacial score (nSPS) is 10.4. The number of nitrogens with two attached hydrogens (primary N) is 1. The Balaban J connectivity index is 2.59. The van der Waals surface area contributed by atoms with E-state index in [0.717, 1.165) is 16.6 Å². The molecule has 0 saturated heterocycles. The first-order valence-electron chi connectivity index (χ1n) is 4.08. The van der Waals surface area contributed by atoms with Gasteiger partial charge in [-0.3, -0.25) is 0 Å². The van der Waals surface area contributed by atoms with Gasteiger partial charge in [-0.25, -0.2) is 4.39 Å². The van der Waals surface area contributed by atoms with E-state index < -0.39 is 0 Å². The average Bonchev–Trinajstić information content (AvgIpc) is 2.11. The van der Waals surface area contributed by atoms with Crippen LogP contribution in [-0.2, 0) is 6.54 Å². The molecule has 0 fully saturated rings. The van der Waals surface area contributed by atoms with Crippen molar-refractivity contribution in [2.75, 3.05) is 13.1 Å². The number of halogens is 2. The summed E-state index contributed by atoms with van der Waals surface area (Å²) < 4.78 is 13.7. The van der Waals surface area contributed by atoms with Crippen LogP contribution >= 0.6 is 15.9 Å². The minimum atomic E-state index is -0.215. The maximum absolute atomic E-state index is 12.8. The van der Waals surface area contributed by atoms with Crippen molar-refractivity contribution in [1.29, 1.82) is 0 Å². The molecular formula is C9H12BrFN2. The number of hydrogen-bond donors (Lipinski definition) is 2. The summed E-state index contributed by atoms with van der Waals surface area (Å²) >= 11 is 3.34. The molecule has 72 valence electrons. The summed E-state index contributed by atoms with van der Waals surface area (Å²) in [7, 11) is 0. The topological polar surface area (TPSA) is 38.0 Å². The second-order valence-electron chi connectivity index (χ2n) is 2.70. The smallest absolute Gasteiger partial charge is 0.123 e. The van der Waals surface area contributed by atoms with Gasteiger partial charge in [0, 0.05) is 24.1 Å². The Morgan fingerprint density at radius 2 is 2.23 bits per heavy atom. The van der Waals surface area contributed by atoms with Crippen molar-refractivity contribution < 1.29 is 4.39 Å². The second-order valence-corrected chi connectivity index (χ2v) is 3.56. The van der Waals surface area contributed by atoms with Gasteiger partial charge in [-0.2, -0.15) is 0 Å².